The number of halogens is 1. The highest BCUT2D eigenvalue weighted by Crippen LogP contribution is 2.48. The van der Waals surface area contributed by atoms with Crippen molar-refractivity contribution in [3.05, 3.63) is 41.9 Å². The van der Waals surface area contributed by atoms with Gasteiger partial charge in [-0.15, -0.1) is 0 Å². The first-order valence-corrected chi connectivity index (χ1v) is 10.8. The number of nitrogens with two attached hydrogens (primary N) is 1. The molecule has 1 saturated carbocycles. The lowest BCUT2D eigenvalue weighted by atomic mass is 10.0. The third-order valence-electron chi connectivity index (χ3n) is 5.56. The standard InChI is InChI=1S/C23H32FN7/c1-5-22-29-20(13-23(30-22)28-16(3)27-15(2)25)18-12-17(18)14-31(11-10-24)21-9-7-6-8-19(21)26-4/h6-9,13,17-19,21H,4-5,10-12,14H2,1-3H3,(H2,25,27,28,29,30)/t17-,18+,19?,21?/m1/s1. The Morgan fingerprint density at radius 1 is 1.29 bits per heavy atom. The molecule has 0 spiro atoms. The molecule has 8 heteroatoms. The van der Waals surface area contributed by atoms with Gasteiger partial charge < -0.3 is 5.73 Å². The molecule has 2 aliphatic rings. The molecule has 166 valence electrons. The Morgan fingerprint density at radius 2 is 2.06 bits per heavy atom. The van der Waals surface area contributed by atoms with Crippen LogP contribution in [0.3, 0.4) is 0 Å². The molecule has 0 amide bonds. The van der Waals surface area contributed by atoms with Crippen molar-refractivity contribution >= 4 is 24.2 Å². The van der Waals surface area contributed by atoms with E-state index in [0.29, 0.717) is 35.9 Å². The Labute approximate surface area is 183 Å². The maximum absolute atomic E-state index is 13.3. The van der Waals surface area contributed by atoms with Gasteiger partial charge in [-0.2, -0.15) is 0 Å². The van der Waals surface area contributed by atoms with Crippen LogP contribution in [0.1, 0.15) is 44.6 Å². The highest BCUT2D eigenvalue weighted by Gasteiger charge is 2.42. The van der Waals surface area contributed by atoms with E-state index < -0.39 is 0 Å². The van der Waals surface area contributed by atoms with E-state index in [4.69, 9.17) is 10.7 Å². The summed E-state index contributed by atoms with van der Waals surface area (Å²) in [5.74, 6) is 3.13. The SMILES string of the molecule is C=NC1C=CC=CC1N(CCF)C[C@H]1C[C@@H]1c1cc(N=C(C)N=C(C)N)nc(CC)n1. The smallest absolute Gasteiger partial charge is 0.157 e. The molecule has 2 aliphatic carbocycles. The highest BCUT2D eigenvalue weighted by atomic mass is 19.1. The second-order valence-corrected chi connectivity index (χ2v) is 8.05. The van der Waals surface area contributed by atoms with Gasteiger partial charge in [-0.1, -0.05) is 31.2 Å². The van der Waals surface area contributed by atoms with Crippen LogP contribution in [0.15, 0.2) is 45.3 Å². The minimum Gasteiger partial charge on any atom is -0.387 e. The van der Waals surface area contributed by atoms with Gasteiger partial charge in [0.15, 0.2) is 5.82 Å². The highest BCUT2D eigenvalue weighted by molar-refractivity contribution is 5.94. The topological polar surface area (TPSA) is 92.1 Å². The molecule has 1 fully saturated rings. The minimum absolute atomic E-state index is 0.0382. The zero-order valence-electron chi connectivity index (χ0n) is 18.6. The van der Waals surface area contributed by atoms with E-state index in [1.165, 1.54) is 0 Å². The predicted molar refractivity (Wildman–Crippen MR) is 125 cm³/mol. The van der Waals surface area contributed by atoms with Crippen molar-refractivity contribution < 1.29 is 4.39 Å². The van der Waals surface area contributed by atoms with Crippen LogP contribution in [-0.2, 0) is 6.42 Å². The summed E-state index contributed by atoms with van der Waals surface area (Å²) in [6.07, 6.45) is 9.81. The number of aryl methyl sites for hydroxylation is 1. The van der Waals surface area contributed by atoms with Gasteiger partial charge in [-0.05, 0) is 32.9 Å². The molecule has 0 aromatic carbocycles. The molecule has 2 unspecified atom stereocenters. The Hall–Kier alpha value is -2.74. The van der Waals surface area contributed by atoms with Crippen molar-refractivity contribution in [1.82, 2.24) is 14.9 Å². The van der Waals surface area contributed by atoms with E-state index in [1.807, 2.05) is 31.2 Å². The third kappa shape index (κ3) is 6.13. The zero-order chi connectivity index (χ0) is 22.4. The number of alkyl halides is 1. The van der Waals surface area contributed by atoms with Crippen molar-refractivity contribution in [2.24, 2.45) is 26.6 Å². The van der Waals surface area contributed by atoms with E-state index in [0.717, 1.165) is 30.9 Å². The fraction of sp³-hybridized carbons (Fsp3) is 0.522. The molecule has 2 N–H and O–H groups in total. The van der Waals surface area contributed by atoms with Crippen molar-refractivity contribution in [2.45, 2.75) is 51.6 Å². The number of hydrogen-bond acceptors (Lipinski definition) is 5. The molecule has 1 heterocycles. The van der Waals surface area contributed by atoms with Gasteiger partial charge in [0.25, 0.3) is 0 Å². The summed E-state index contributed by atoms with van der Waals surface area (Å²) in [5, 5.41) is 0. The number of amidine groups is 2. The molecule has 4 atom stereocenters. The second kappa shape index (κ2) is 10.5. The van der Waals surface area contributed by atoms with Gasteiger partial charge in [0.1, 0.15) is 18.3 Å². The zero-order valence-corrected chi connectivity index (χ0v) is 18.6. The average Bonchev–Trinajstić information content (AvgIpc) is 3.51. The lowest BCUT2D eigenvalue weighted by molar-refractivity contribution is 0.190. The molecule has 1 aromatic rings. The molecule has 0 bridgehead atoms. The largest absolute Gasteiger partial charge is 0.387 e. The van der Waals surface area contributed by atoms with Crippen LogP contribution in [0.2, 0.25) is 0 Å². The van der Waals surface area contributed by atoms with Gasteiger partial charge in [-0.3, -0.25) is 9.89 Å². The molecule has 0 aliphatic heterocycles. The van der Waals surface area contributed by atoms with Crippen LogP contribution < -0.4 is 5.73 Å². The van der Waals surface area contributed by atoms with Crippen molar-refractivity contribution in [3.63, 3.8) is 0 Å². The van der Waals surface area contributed by atoms with E-state index in [9.17, 15) is 4.39 Å². The number of hydrogen-bond donors (Lipinski definition) is 1. The van der Waals surface area contributed by atoms with Crippen LogP contribution >= 0.6 is 0 Å². The maximum atomic E-state index is 13.3. The van der Waals surface area contributed by atoms with E-state index >= 15 is 0 Å². The molecule has 0 saturated heterocycles. The van der Waals surface area contributed by atoms with Crippen LogP contribution in [0.4, 0.5) is 10.2 Å². The molecular formula is C23H32FN7. The second-order valence-electron chi connectivity index (χ2n) is 8.05. The first kappa shape index (κ1) is 22.9. The lowest BCUT2D eigenvalue weighted by Crippen LogP contribution is -2.44. The van der Waals surface area contributed by atoms with Crippen molar-refractivity contribution in [3.8, 4) is 0 Å². The van der Waals surface area contributed by atoms with Crippen LogP contribution in [0.25, 0.3) is 0 Å². The van der Waals surface area contributed by atoms with Crippen LogP contribution in [0, 0.1) is 5.92 Å². The molecule has 1 aromatic heterocycles. The Balaban J connectivity index is 1.75. The number of aliphatic imine (C=N–C) groups is 3. The van der Waals surface area contributed by atoms with Crippen molar-refractivity contribution in [2.75, 3.05) is 19.8 Å². The Kier molecular flexibility index (Phi) is 7.79. The van der Waals surface area contributed by atoms with Crippen molar-refractivity contribution in [1.29, 1.82) is 0 Å². The fourth-order valence-corrected chi connectivity index (χ4v) is 4.03. The van der Waals surface area contributed by atoms with E-state index in [1.54, 1.807) is 13.8 Å². The van der Waals surface area contributed by atoms with Gasteiger partial charge in [0.2, 0.25) is 0 Å². The van der Waals surface area contributed by atoms with Gasteiger partial charge in [-0.25, -0.2) is 24.3 Å². The molecule has 0 radical (unpaired) electrons. The molecule has 7 nitrogen and oxygen atoms in total. The Morgan fingerprint density at radius 3 is 2.74 bits per heavy atom. The number of rotatable bonds is 9. The lowest BCUT2D eigenvalue weighted by Gasteiger charge is -2.33. The summed E-state index contributed by atoms with van der Waals surface area (Å²) in [6.45, 7) is 10.0. The summed E-state index contributed by atoms with van der Waals surface area (Å²) >= 11 is 0. The molecule has 3 rings (SSSR count). The molecule has 31 heavy (non-hydrogen) atoms. The van der Waals surface area contributed by atoms with E-state index in [-0.39, 0.29) is 18.8 Å². The first-order valence-electron chi connectivity index (χ1n) is 10.8. The van der Waals surface area contributed by atoms with Gasteiger partial charge in [0.05, 0.1) is 17.9 Å². The van der Waals surface area contributed by atoms with E-state index in [2.05, 4.69) is 37.7 Å². The first-order chi connectivity index (χ1) is 14.9. The maximum Gasteiger partial charge on any atom is 0.157 e. The summed E-state index contributed by atoms with van der Waals surface area (Å²) in [6, 6.07) is 1.93. The minimum atomic E-state index is -0.387. The summed E-state index contributed by atoms with van der Waals surface area (Å²) in [5.41, 5.74) is 6.64. The summed E-state index contributed by atoms with van der Waals surface area (Å²) in [7, 11) is 0. The molecular weight excluding hydrogens is 393 g/mol. The fourth-order valence-electron chi connectivity index (χ4n) is 4.03. The summed E-state index contributed by atoms with van der Waals surface area (Å²) < 4.78 is 13.3. The number of nitrogens with zero attached hydrogens (tertiary/aromatic N) is 6. The van der Waals surface area contributed by atoms with Gasteiger partial charge >= 0.3 is 0 Å². The van der Waals surface area contributed by atoms with Crippen LogP contribution in [-0.4, -0.2) is 65.1 Å². The number of aromatic nitrogens is 2. The number of allylic oxidation sites excluding steroid dienone is 2. The monoisotopic (exact) mass is 425 g/mol. The predicted octanol–water partition coefficient (Wildman–Crippen LogP) is 3.40. The van der Waals surface area contributed by atoms with Gasteiger partial charge in [0, 0.05) is 37.2 Å². The normalized spacial score (nSPS) is 25.8. The Bertz CT molecular complexity index is 901. The third-order valence-corrected chi connectivity index (χ3v) is 5.56. The summed E-state index contributed by atoms with van der Waals surface area (Å²) in [4.78, 5) is 24.3. The van der Waals surface area contributed by atoms with Crippen LogP contribution in [0.5, 0.6) is 0 Å². The quantitative estimate of drug-likeness (QED) is 0.485. The average molecular weight is 426 g/mol.